The van der Waals surface area contributed by atoms with Crippen LogP contribution in [0.1, 0.15) is 44.2 Å². The van der Waals surface area contributed by atoms with E-state index in [0.29, 0.717) is 6.04 Å². The lowest BCUT2D eigenvalue weighted by Crippen LogP contribution is -2.29. The summed E-state index contributed by atoms with van der Waals surface area (Å²) >= 11 is 2.12. The highest BCUT2D eigenvalue weighted by Crippen LogP contribution is 2.32. The third kappa shape index (κ3) is 4.07. The summed E-state index contributed by atoms with van der Waals surface area (Å²) in [5.74, 6) is 3.10. The molecule has 3 rings (SSSR count). The number of ether oxygens (including phenoxy) is 2. The number of thioether (sulfide) groups is 1. The summed E-state index contributed by atoms with van der Waals surface area (Å²) in [5, 5.41) is 4.45. The van der Waals surface area contributed by atoms with E-state index in [9.17, 15) is 0 Å². The Kier molecular flexibility index (Phi) is 5.31. The van der Waals surface area contributed by atoms with Crippen molar-refractivity contribution in [2.75, 3.05) is 25.5 Å². The second-order valence-corrected chi connectivity index (χ2v) is 7.28. The van der Waals surface area contributed by atoms with Crippen molar-refractivity contribution in [1.82, 2.24) is 5.32 Å². The summed E-state index contributed by atoms with van der Waals surface area (Å²) in [6.45, 7) is 4.82. The van der Waals surface area contributed by atoms with Gasteiger partial charge in [0.25, 0.3) is 0 Å². The molecule has 0 spiro atoms. The molecule has 4 heteroatoms. The maximum absolute atomic E-state index is 5.78. The molecule has 0 amide bonds. The lowest BCUT2D eigenvalue weighted by atomic mass is 10.1. The van der Waals surface area contributed by atoms with Crippen LogP contribution in [0.3, 0.4) is 0 Å². The first kappa shape index (κ1) is 15.0. The van der Waals surface area contributed by atoms with Gasteiger partial charge in [-0.3, -0.25) is 0 Å². The minimum Gasteiger partial charge on any atom is -0.490 e. The number of rotatable bonds is 4. The molecule has 1 N–H and O–H groups in total. The van der Waals surface area contributed by atoms with Gasteiger partial charge in [-0.2, -0.15) is 11.8 Å². The predicted molar refractivity (Wildman–Crippen MR) is 88.6 cm³/mol. The summed E-state index contributed by atoms with van der Waals surface area (Å²) < 4.78 is 11.5. The highest BCUT2D eigenvalue weighted by atomic mass is 32.2. The Morgan fingerprint density at radius 2 is 2.05 bits per heavy atom. The maximum Gasteiger partial charge on any atom is 0.161 e. The third-order valence-corrected chi connectivity index (χ3v) is 5.60. The summed E-state index contributed by atoms with van der Waals surface area (Å²) in [7, 11) is 0. The van der Waals surface area contributed by atoms with Crippen LogP contribution in [0.4, 0.5) is 0 Å². The van der Waals surface area contributed by atoms with Crippen LogP contribution >= 0.6 is 11.8 Å². The molecule has 116 valence electrons. The van der Waals surface area contributed by atoms with E-state index in [2.05, 4.69) is 36.1 Å². The Balaban J connectivity index is 1.58. The van der Waals surface area contributed by atoms with Crippen molar-refractivity contribution in [3.8, 4) is 11.5 Å². The van der Waals surface area contributed by atoms with Crippen LogP contribution in [-0.4, -0.2) is 30.8 Å². The molecule has 0 bridgehead atoms. The van der Waals surface area contributed by atoms with Crippen LogP contribution in [0, 0.1) is 0 Å². The number of fused-ring (bicyclic) bond motifs is 1. The van der Waals surface area contributed by atoms with E-state index in [0.717, 1.165) is 42.9 Å². The van der Waals surface area contributed by atoms with Crippen LogP contribution in [-0.2, 0) is 0 Å². The van der Waals surface area contributed by atoms with Crippen molar-refractivity contribution in [1.29, 1.82) is 0 Å². The molecule has 1 saturated heterocycles. The number of hydrogen-bond acceptors (Lipinski definition) is 4. The molecule has 3 nitrogen and oxygen atoms in total. The van der Waals surface area contributed by atoms with E-state index in [1.807, 2.05) is 6.07 Å². The second-order valence-electron chi connectivity index (χ2n) is 5.88. The van der Waals surface area contributed by atoms with Crippen LogP contribution in [0.2, 0.25) is 0 Å². The average Bonchev–Trinajstić information content (AvgIpc) is 2.78. The van der Waals surface area contributed by atoms with Gasteiger partial charge in [0.1, 0.15) is 0 Å². The van der Waals surface area contributed by atoms with Crippen molar-refractivity contribution in [3.63, 3.8) is 0 Å². The zero-order valence-corrected chi connectivity index (χ0v) is 13.6. The molecular weight excluding hydrogens is 282 g/mol. The monoisotopic (exact) mass is 307 g/mol. The first-order chi connectivity index (χ1) is 10.3. The summed E-state index contributed by atoms with van der Waals surface area (Å²) in [4.78, 5) is 0. The Bertz CT molecular complexity index is 460. The van der Waals surface area contributed by atoms with E-state index >= 15 is 0 Å². The van der Waals surface area contributed by atoms with Gasteiger partial charge in [0.2, 0.25) is 0 Å². The Morgan fingerprint density at radius 1 is 1.19 bits per heavy atom. The van der Waals surface area contributed by atoms with Crippen molar-refractivity contribution < 1.29 is 9.47 Å². The smallest absolute Gasteiger partial charge is 0.161 e. The molecule has 2 atom stereocenters. The third-order valence-electron chi connectivity index (χ3n) is 4.20. The lowest BCUT2D eigenvalue weighted by Gasteiger charge is -2.24. The van der Waals surface area contributed by atoms with Gasteiger partial charge in [0.05, 0.1) is 13.2 Å². The Labute approximate surface area is 131 Å². The lowest BCUT2D eigenvalue weighted by molar-refractivity contribution is 0.297. The SMILES string of the molecule is CC(NCC1CCCCS1)c1ccc2c(c1)OCCCO2. The average molecular weight is 307 g/mol. The minimum atomic E-state index is 0.352. The predicted octanol–water partition coefficient (Wildman–Crippen LogP) is 3.78. The summed E-state index contributed by atoms with van der Waals surface area (Å²) in [6.07, 6.45) is 5.08. The molecule has 2 heterocycles. The van der Waals surface area contributed by atoms with E-state index in [-0.39, 0.29) is 0 Å². The van der Waals surface area contributed by atoms with Crippen molar-refractivity contribution in [2.24, 2.45) is 0 Å². The van der Waals surface area contributed by atoms with Gasteiger partial charge >= 0.3 is 0 Å². The second kappa shape index (κ2) is 7.41. The minimum absolute atomic E-state index is 0.352. The molecule has 2 aliphatic heterocycles. The topological polar surface area (TPSA) is 30.5 Å². The van der Waals surface area contributed by atoms with Crippen molar-refractivity contribution in [3.05, 3.63) is 23.8 Å². The van der Waals surface area contributed by atoms with Crippen LogP contribution in [0.5, 0.6) is 11.5 Å². The molecule has 1 fully saturated rings. The highest BCUT2D eigenvalue weighted by molar-refractivity contribution is 7.99. The van der Waals surface area contributed by atoms with E-state index in [1.54, 1.807) is 0 Å². The highest BCUT2D eigenvalue weighted by Gasteiger charge is 2.17. The van der Waals surface area contributed by atoms with Gasteiger partial charge in [-0.15, -0.1) is 0 Å². The molecule has 1 aromatic rings. The van der Waals surface area contributed by atoms with Crippen LogP contribution in [0.15, 0.2) is 18.2 Å². The van der Waals surface area contributed by atoms with E-state index in [1.165, 1.54) is 30.6 Å². The molecule has 0 aromatic heterocycles. The van der Waals surface area contributed by atoms with Gasteiger partial charge in [-0.05, 0) is 43.2 Å². The fraction of sp³-hybridized carbons (Fsp3) is 0.647. The molecule has 2 aliphatic rings. The number of hydrogen-bond donors (Lipinski definition) is 1. The largest absolute Gasteiger partial charge is 0.490 e. The molecular formula is C17H25NO2S. The molecule has 1 aromatic carbocycles. The zero-order chi connectivity index (χ0) is 14.5. The number of benzene rings is 1. The molecule has 0 saturated carbocycles. The Morgan fingerprint density at radius 3 is 2.86 bits per heavy atom. The van der Waals surface area contributed by atoms with Gasteiger partial charge in [-0.25, -0.2) is 0 Å². The van der Waals surface area contributed by atoms with Gasteiger partial charge in [0, 0.05) is 24.3 Å². The normalized spacial score (nSPS) is 23.4. The van der Waals surface area contributed by atoms with Crippen LogP contribution < -0.4 is 14.8 Å². The first-order valence-electron chi connectivity index (χ1n) is 8.07. The molecule has 2 unspecified atom stereocenters. The van der Waals surface area contributed by atoms with Gasteiger partial charge in [-0.1, -0.05) is 12.5 Å². The van der Waals surface area contributed by atoms with E-state index in [4.69, 9.17) is 9.47 Å². The molecule has 21 heavy (non-hydrogen) atoms. The maximum atomic E-state index is 5.78. The number of nitrogens with one attached hydrogen (secondary N) is 1. The summed E-state index contributed by atoms with van der Waals surface area (Å²) in [6, 6.07) is 6.68. The zero-order valence-electron chi connectivity index (χ0n) is 12.8. The van der Waals surface area contributed by atoms with Gasteiger partial charge in [0.15, 0.2) is 11.5 Å². The quantitative estimate of drug-likeness (QED) is 0.917. The summed E-state index contributed by atoms with van der Waals surface area (Å²) in [5.41, 5.74) is 1.28. The van der Waals surface area contributed by atoms with E-state index < -0.39 is 0 Å². The van der Waals surface area contributed by atoms with Gasteiger partial charge < -0.3 is 14.8 Å². The van der Waals surface area contributed by atoms with Crippen molar-refractivity contribution in [2.45, 2.75) is 43.9 Å². The molecule has 0 aliphatic carbocycles. The standard InChI is InChI=1S/C17H25NO2S/c1-13(18-12-15-5-2-3-10-21-15)14-6-7-16-17(11-14)20-9-4-8-19-16/h6-7,11,13,15,18H,2-5,8-10,12H2,1H3. The van der Waals surface area contributed by atoms with Crippen molar-refractivity contribution >= 4 is 11.8 Å². The fourth-order valence-electron chi connectivity index (χ4n) is 2.84. The Hall–Kier alpha value is -0.870. The fourth-order valence-corrected chi connectivity index (χ4v) is 4.10. The first-order valence-corrected chi connectivity index (χ1v) is 9.12. The molecule has 0 radical (unpaired) electrons. The van der Waals surface area contributed by atoms with Crippen LogP contribution in [0.25, 0.3) is 0 Å².